The first-order valence-electron chi connectivity index (χ1n) is 8.97. The van der Waals surface area contributed by atoms with E-state index in [4.69, 9.17) is 4.74 Å². The van der Waals surface area contributed by atoms with Gasteiger partial charge in [-0.3, -0.25) is 9.59 Å². The van der Waals surface area contributed by atoms with Gasteiger partial charge in [0.25, 0.3) is 11.8 Å². The maximum absolute atomic E-state index is 12.3. The lowest BCUT2D eigenvalue weighted by molar-refractivity contribution is -0.118. The quantitative estimate of drug-likeness (QED) is 0.664. The Morgan fingerprint density at radius 3 is 2.36 bits per heavy atom. The van der Waals surface area contributed by atoms with Crippen LogP contribution in [0.25, 0.3) is 0 Å². The van der Waals surface area contributed by atoms with Crippen molar-refractivity contribution in [3.8, 4) is 5.75 Å². The summed E-state index contributed by atoms with van der Waals surface area (Å²) in [5.74, 6) is 0.235. The summed E-state index contributed by atoms with van der Waals surface area (Å²) in [6.07, 6.45) is 0. The molecule has 0 heterocycles. The summed E-state index contributed by atoms with van der Waals surface area (Å²) >= 11 is 0. The van der Waals surface area contributed by atoms with Crippen molar-refractivity contribution in [2.75, 3.05) is 17.2 Å². The number of rotatable bonds is 6. The SMILES string of the molecule is Cc1cccc(OCC(=O)Nc2ccc(NC(=O)c3ccccc3)c(C)c2)c1. The van der Waals surface area contributed by atoms with Crippen molar-refractivity contribution in [2.45, 2.75) is 13.8 Å². The summed E-state index contributed by atoms with van der Waals surface area (Å²) in [5.41, 5.74) is 3.85. The number of carbonyl (C=O) groups is 2. The topological polar surface area (TPSA) is 67.4 Å². The molecule has 0 saturated heterocycles. The molecule has 3 aromatic carbocycles. The van der Waals surface area contributed by atoms with Gasteiger partial charge in [-0.1, -0.05) is 30.3 Å². The number of aryl methyl sites for hydroxylation is 2. The number of hydrogen-bond donors (Lipinski definition) is 2. The van der Waals surface area contributed by atoms with Gasteiger partial charge in [-0.25, -0.2) is 0 Å². The maximum atomic E-state index is 12.3. The highest BCUT2D eigenvalue weighted by atomic mass is 16.5. The molecule has 0 aromatic heterocycles. The van der Waals surface area contributed by atoms with Crippen LogP contribution in [0.15, 0.2) is 72.8 Å². The van der Waals surface area contributed by atoms with Crippen LogP contribution < -0.4 is 15.4 Å². The minimum atomic E-state index is -0.248. The highest BCUT2D eigenvalue weighted by Crippen LogP contribution is 2.21. The fraction of sp³-hybridized carbons (Fsp3) is 0.130. The monoisotopic (exact) mass is 374 g/mol. The fourth-order valence-electron chi connectivity index (χ4n) is 2.72. The molecule has 0 unspecified atom stereocenters. The first-order chi connectivity index (χ1) is 13.5. The summed E-state index contributed by atoms with van der Waals surface area (Å²) in [4.78, 5) is 24.4. The van der Waals surface area contributed by atoms with Crippen molar-refractivity contribution >= 4 is 23.2 Å². The average Bonchev–Trinajstić information content (AvgIpc) is 2.69. The van der Waals surface area contributed by atoms with Crippen molar-refractivity contribution in [1.82, 2.24) is 0 Å². The predicted molar refractivity (Wildman–Crippen MR) is 111 cm³/mol. The molecule has 0 atom stereocenters. The molecule has 0 bridgehead atoms. The van der Waals surface area contributed by atoms with E-state index in [2.05, 4.69) is 10.6 Å². The van der Waals surface area contributed by atoms with Crippen LogP contribution in [0.5, 0.6) is 5.75 Å². The van der Waals surface area contributed by atoms with Gasteiger partial charge in [0.05, 0.1) is 0 Å². The van der Waals surface area contributed by atoms with Gasteiger partial charge in [0, 0.05) is 16.9 Å². The van der Waals surface area contributed by atoms with E-state index in [0.29, 0.717) is 22.7 Å². The van der Waals surface area contributed by atoms with Gasteiger partial charge in [-0.15, -0.1) is 0 Å². The Morgan fingerprint density at radius 2 is 1.64 bits per heavy atom. The van der Waals surface area contributed by atoms with E-state index in [1.807, 2.05) is 62.4 Å². The summed E-state index contributed by atoms with van der Waals surface area (Å²) in [5, 5.41) is 5.69. The number of nitrogens with one attached hydrogen (secondary N) is 2. The number of hydrogen-bond acceptors (Lipinski definition) is 3. The third-order valence-corrected chi connectivity index (χ3v) is 4.15. The van der Waals surface area contributed by atoms with Crippen molar-refractivity contribution < 1.29 is 14.3 Å². The van der Waals surface area contributed by atoms with E-state index in [-0.39, 0.29) is 18.4 Å². The first kappa shape index (κ1) is 19.2. The van der Waals surface area contributed by atoms with Crippen LogP contribution in [-0.2, 0) is 4.79 Å². The highest BCUT2D eigenvalue weighted by molar-refractivity contribution is 6.04. The minimum Gasteiger partial charge on any atom is -0.484 e. The lowest BCUT2D eigenvalue weighted by Gasteiger charge is -2.12. The normalized spacial score (nSPS) is 10.2. The average molecular weight is 374 g/mol. The molecule has 5 heteroatoms. The number of ether oxygens (including phenoxy) is 1. The Kier molecular flexibility index (Phi) is 6.07. The zero-order valence-corrected chi connectivity index (χ0v) is 15.9. The summed E-state index contributed by atoms with van der Waals surface area (Å²) in [7, 11) is 0. The van der Waals surface area contributed by atoms with E-state index in [1.165, 1.54) is 0 Å². The predicted octanol–water partition coefficient (Wildman–Crippen LogP) is 4.57. The second-order valence-electron chi connectivity index (χ2n) is 6.50. The van der Waals surface area contributed by atoms with Crippen LogP contribution in [0.3, 0.4) is 0 Å². The smallest absolute Gasteiger partial charge is 0.262 e. The van der Waals surface area contributed by atoms with Gasteiger partial charge in [0.1, 0.15) is 5.75 Å². The van der Waals surface area contributed by atoms with Crippen LogP contribution >= 0.6 is 0 Å². The van der Waals surface area contributed by atoms with Crippen molar-refractivity contribution in [3.63, 3.8) is 0 Å². The Morgan fingerprint density at radius 1 is 0.857 bits per heavy atom. The molecule has 28 heavy (non-hydrogen) atoms. The molecule has 0 radical (unpaired) electrons. The number of amides is 2. The van der Waals surface area contributed by atoms with Crippen LogP contribution in [-0.4, -0.2) is 18.4 Å². The van der Waals surface area contributed by atoms with Crippen LogP contribution in [0.2, 0.25) is 0 Å². The van der Waals surface area contributed by atoms with E-state index < -0.39 is 0 Å². The van der Waals surface area contributed by atoms with E-state index in [9.17, 15) is 9.59 Å². The molecule has 0 aliphatic heterocycles. The lowest BCUT2D eigenvalue weighted by Crippen LogP contribution is -2.20. The summed E-state index contributed by atoms with van der Waals surface area (Å²) in [6.45, 7) is 3.77. The largest absolute Gasteiger partial charge is 0.484 e. The van der Waals surface area contributed by atoms with Gasteiger partial charge >= 0.3 is 0 Å². The zero-order valence-electron chi connectivity index (χ0n) is 15.9. The Labute approximate surface area is 164 Å². The van der Waals surface area contributed by atoms with Gasteiger partial charge in [0.2, 0.25) is 0 Å². The second kappa shape index (κ2) is 8.86. The standard InChI is InChI=1S/C23H22N2O3/c1-16-7-6-10-20(13-16)28-15-22(26)24-19-11-12-21(17(2)14-19)25-23(27)18-8-4-3-5-9-18/h3-14H,15H2,1-2H3,(H,24,26)(H,25,27). The molecular weight excluding hydrogens is 352 g/mol. The zero-order chi connectivity index (χ0) is 19.9. The van der Waals surface area contributed by atoms with Crippen molar-refractivity contribution in [2.24, 2.45) is 0 Å². The molecule has 0 fully saturated rings. The molecule has 5 nitrogen and oxygen atoms in total. The number of carbonyl (C=O) groups excluding carboxylic acids is 2. The van der Waals surface area contributed by atoms with Crippen LogP contribution in [0.1, 0.15) is 21.5 Å². The lowest BCUT2D eigenvalue weighted by atomic mass is 10.1. The van der Waals surface area contributed by atoms with Gasteiger partial charge in [0.15, 0.2) is 6.61 Å². The van der Waals surface area contributed by atoms with Crippen LogP contribution in [0, 0.1) is 13.8 Å². The first-order valence-corrected chi connectivity index (χ1v) is 8.97. The molecule has 2 amide bonds. The molecule has 142 valence electrons. The summed E-state index contributed by atoms with van der Waals surface area (Å²) < 4.78 is 5.51. The van der Waals surface area contributed by atoms with E-state index in [1.54, 1.807) is 24.3 Å². The number of benzene rings is 3. The molecule has 0 saturated carbocycles. The molecule has 0 aliphatic carbocycles. The molecule has 3 aromatic rings. The second-order valence-corrected chi connectivity index (χ2v) is 6.50. The van der Waals surface area contributed by atoms with Crippen molar-refractivity contribution in [1.29, 1.82) is 0 Å². The van der Waals surface area contributed by atoms with Gasteiger partial charge in [-0.05, 0) is 67.4 Å². The molecule has 2 N–H and O–H groups in total. The third kappa shape index (κ3) is 5.20. The van der Waals surface area contributed by atoms with Gasteiger partial charge < -0.3 is 15.4 Å². The van der Waals surface area contributed by atoms with Crippen LogP contribution in [0.4, 0.5) is 11.4 Å². The Bertz CT molecular complexity index is 984. The van der Waals surface area contributed by atoms with E-state index in [0.717, 1.165) is 11.1 Å². The fourth-order valence-corrected chi connectivity index (χ4v) is 2.72. The molecule has 0 aliphatic rings. The number of anilines is 2. The molecule has 0 spiro atoms. The molecular formula is C23H22N2O3. The third-order valence-electron chi connectivity index (χ3n) is 4.15. The van der Waals surface area contributed by atoms with E-state index >= 15 is 0 Å². The summed E-state index contributed by atoms with van der Waals surface area (Å²) in [6, 6.07) is 21.9. The highest BCUT2D eigenvalue weighted by Gasteiger charge is 2.09. The minimum absolute atomic E-state index is 0.0744. The maximum Gasteiger partial charge on any atom is 0.262 e. The molecule has 3 rings (SSSR count). The van der Waals surface area contributed by atoms with Crippen molar-refractivity contribution in [3.05, 3.63) is 89.5 Å². The Hall–Kier alpha value is -3.60. The Balaban J connectivity index is 1.57. The van der Waals surface area contributed by atoms with Gasteiger partial charge in [-0.2, -0.15) is 0 Å².